The molecule has 6 nitrogen and oxygen atoms in total. The Morgan fingerprint density at radius 3 is 2.77 bits per heavy atom. The van der Waals surface area contributed by atoms with Gasteiger partial charge < -0.3 is 15.7 Å². The number of carbonyl (C=O) groups is 1. The SMILES string of the molecule is CCCCNc1nc(C)cc(Nc2ccccc2C(=O)O)n1. The van der Waals surface area contributed by atoms with E-state index in [4.69, 9.17) is 0 Å². The maximum absolute atomic E-state index is 11.2. The van der Waals surface area contributed by atoms with Crippen LogP contribution < -0.4 is 10.6 Å². The van der Waals surface area contributed by atoms with Crippen LogP contribution in [-0.2, 0) is 0 Å². The third-order valence-corrected chi connectivity index (χ3v) is 3.09. The highest BCUT2D eigenvalue weighted by Crippen LogP contribution is 2.20. The fourth-order valence-electron chi connectivity index (χ4n) is 2.01. The number of nitrogens with zero attached hydrogens (tertiary/aromatic N) is 2. The predicted octanol–water partition coefficient (Wildman–Crippen LogP) is 3.44. The third kappa shape index (κ3) is 4.18. The molecule has 0 unspecified atom stereocenters. The van der Waals surface area contributed by atoms with Crippen molar-refractivity contribution in [3.8, 4) is 0 Å². The molecule has 0 saturated carbocycles. The molecule has 1 heterocycles. The van der Waals surface area contributed by atoms with Gasteiger partial charge in [0.15, 0.2) is 0 Å². The lowest BCUT2D eigenvalue weighted by Crippen LogP contribution is -2.08. The van der Waals surface area contributed by atoms with Crippen LogP contribution in [0.5, 0.6) is 0 Å². The minimum Gasteiger partial charge on any atom is -0.478 e. The van der Waals surface area contributed by atoms with Crippen LogP contribution in [0.2, 0.25) is 0 Å². The minimum atomic E-state index is -0.977. The van der Waals surface area contributed by atoms with Crippen LogP contribution in [0.3, 0.4) is 0 Å². The number of carboxylic acid groups (broad SMARTS) is 1. The number of aromatic nitrogens is 2. The van der Waals surface area contributed by atoms with Crippen molar-refractivity contribution in [2.75, 3.05) is 17.2 Å². The van der Waals surface area contributed by atoms with Crippen LogP contribution in [-0.4, -0.2) is 27.6 Å². The molecular formula is C16H20N4O2. The summed E-state index contributed by atoms with van der Waals surface area (Å²) in [6.45, 7) is 4.81. The summed E-state index contributed by atoms with van der Waals surface area (Å²) in [6.07, 6.45) is 2.14. The number of nitrogens with one attached hydrogen (secondary N) is 2. The molecule has 0 aliphatic heterocycles. The fraction of sp³-hybridized carbons (Fsp3) is 0.312. The Hall–Kier alpha value is -2.63. The molecule has 3 N–H and O–H groups in total. The van der Waals surface area contributed by atoms with Crippen molar-refractivity contribution in [2.45, 2.75) is 26.7 Å². The minimum absolute atomic E-state index is 0.208. The maximum Gasteiger partial charge on any atom is 0.337 e. The number of rotatable bonds is 7. The van der Waals surface area contributed by atoms with Gasteiger partial charge >= 0.3 is 5.97 Å². The Labute approximate surface area is 129 Å². The van der Waals surface area contributed by atoms with Gasteiger partial charge in [-0.25, -0.2) is 9.78 Å². The molecular weight excluding hydrogens is 280 g/mol. The van der Waals surface area contributed by atoms with Gasteiger partial charge in [0, 0.05) is 18.3 Å². The quantitative estimate of drug-likeness (QED) is 0.679. The van der Waals surface area contributed by atoms with Crippen molar-refractivity contribution < 1.29 is 9.90 Å². The van der Waals surface area contributed by atoms with Gasteiger partial charge in [0.25, 0.3) is 0 Å². The second-order valence-electron chi connectivity index (χ2n) is 4.97. The standard InChI is InChI=1S/C16H20N4O2/c1-3-4-9-17-16-18-11(2)10-14(20-16)19-13-8-6-5-7-12(13)15(21)22/h5-8,10H,3-4,9H2,1-2H3,(H,21,22)(H2,17,18,19,20). The average molecular weight is 300 g/mol. The topological polar surface area (TPSA) is 87.1 Å². The molecule has 116 valence electrons. The van der Waals surface area contributed by atoms with Crippen molar-refractivity contribution in [3.63, 3.8) is 0 Å². The van der Waals surface area contributed by atoms with E-state index in [0.29, 0.717) is 17.5 Å². The third-order valence-electron chi connectivity index (χ3n) is 3.09. The van der Waals surface area contributed by atoms with Crippen LogP contribution in [0.1, 0.15) is 35.8 Å². The zero-order chi connectivity index (χ0) is 15.9. The van der Waals surface area contributed by atoms with E-state index in [1.807, 2.05) is 6.92 Å². The Bertz CT molecular complexity index is 658. The molecule has 0 aliphatic carbocycles. The van der Waals surface area contributed by atoms with E-state index in [0.717, 1.165) is 25.1 Å². The van der Waals surface area contributed by atoms with E-state index in [2.05, 4.69) is 27.5 Å². The number of aromatic carboxylic acids is 1. The summed E-state index contributed by atoms with van der Waals surface area (Å²) in [5, 5.41) is 15.4. The second kappa shape index (κ2) is 7.40. The van der Waals surface area contributed by atoms with Crippen molar-refractivity contribution in [1.82, 2.24) is 9.97 Å². The first-order valence-electron chi connectivity index (χ1n) is 7.29. The lowest BCUT2D eigenvalue weighted by Gasteiger charge is -2.11. The molecule has 2 rings (SSSR count). The number of hydrogen-bond donors (Lipinski definition) is 3. The largest absolute Gasteiger partial charge is 0.478 e. The van der Waals surface area contributed by atoms with E-state index in [-0.39, 0.29) is 5.56 Å². The molecule has 22 heavy (non-hydrogen) atoms. The van der Waals surface area contributed by atoms with Gasteiger partial charge in [-0.3, -0.25) is 0 Å². The van der Waals surface area contributed by atoms with Crippen molar-refractivity contribution in [2.24, 2.45) is 0 Å². The summed E-state index contributed by atoms with van der Waals surface area (Å²) in [5.74, 6) is 0.138. The van der Waals surface area contributed by atoms with Gasteiger partial charge in [-0.1, -0.05) is 25.5 Å². The zero-order valence-electron chi connectivity index (χ0n) is 12.8. The lowest BCUT2D eigenvalue weighted by atomic mass is 10.2. The van der Waals surface area contributed by atoms with Gasteiger partial charge in [0.1, 0.15) is 5.82 Å². The number of benzene rings is 1. The smallest absolute Gasteiger partial charge is 0.337 e. The van der Waals surface area contributed by atoms with E-state index >= 15 is 0 Å². The molecule has 0 bridgehead atoms. The van der Waals surface area contributed by atoms with Crippen LogP contribution in [0.25, 0.3) is 0 Å². The van der Waals surface area contributed by atoms with Crippen molar-refractivity contribution in [1.29, 1.82) is 0 Å². The maximum atomic E-state index is 11.2. The number of unbranched alkanes of at least 4 members (excludes halogenated alkanes) is 1. The Balaban J connectivity index is 2.21. The van der Waals surface area contributed by atoms with E-state index in [9.17, 15) is 9.90 Å². The van der Waals surface area contributed by atoms with Gasteiger partial charge in [0.05, 0.1) is 11.3 Å². The van der Waals surface area contributed by atoms with E-state index in [1.54, 1.807) is 30.3 Å². The Morgan fingerprint density at radius 1 is 1.27 bits per heavy atom. The first kappa shape index (κ1) is 15.8. The molecule has 1 aromatic heterocycles. The second-order valence-corrected chi connectivity index (χ2v) is 4.97. The number of para-hydroxylation sites is 1. The van der Waals surface area contributed by atoms with Crippen LogP contribution in [0.15, 0.2) is 30.3 Å². The summed E-state index contributed by atoms with van der Waals surface area (Å²) in [4.78, 5) is 19.9. The Kier molecular flexibility index (Phi) is 5.30. The predicted molar refractivity (Wildman–Crippen MR) is 86.9 cm³/mol. The molecule has 0 aliphatic rings. The summed E-state index contributed by atoms with van der Waals surface area (Å²) in [6, 6.07) is 8.52. The number of hydrogen-bond acceptors (Lipinski definition) is 5. The first-order valence-corrected chi connectivity index (χ1v) is 7.29. The zero-order valence-corrected chi connectivity index (χ0v) is 12.8. The molecule has 0 radical (unpaired) electrons. The van der Waals surface area contributed by atoms with E-state index in [1.165, 1.54) is 0 Å². The molecule has 0 fully saturated rings. The highest BCUT2D eigenvalue weighted by atomic mass is 16.4. The number of anilines is 3. The number of carboxylic acids is 1. The normalized spacial score (nSPS) is 10.3. The first-order chi connectivity index (χ1) is 10.6. The summed E-state index contributed by atoms with van der Waals surface area (Å²) in [7, 11) is 0. The fourth-order valence-corrected chi connectivity index (χ4v) is 2.01. The summed E-state index contributed by atoms with van der Waals surface area (Å²) < 4.78 is 0. The molecule has 2 aromatic rings. The highest BCUT2D eigenvalue weighted by Gasteiger charge is 2.10. The highest BCUT2D eigenvalue weighted by molar-refractivity contribution is 5.95. The molecule has 0 spiro atoms. The average Bonchev–Trinajstić information content (AvgIpc) is 2.47. The van der Waals surface area contributed by atoms with E-state index < -0.39 is 5.97 Å². The molecule has 0 amide bonds. The van der Waals surface area contributed by atoms with Gasteiger partial charge in [-0.05, 0) is 25.5 Å². The van der Waals surface area contributed by atoms with Gasteiger partial charge in [-0.2, -0.15) is 4.98 Å². The summed E-state index contributed by atoms with van der Waals surface area (Å²) in [5.41, 5.74) is 1.52. The monoisotopic (exact) mass is 300 g/mol. The van der Waals surface area contributed by atoms with Crippen LogP contribution >= 0.6 is 0 Å². The molecule has 0 saturated heterocycles. The summed E-state index contributed by atoms with van der Waals surface area (Å²) >= 11 is 0. The van der Waals surface area contributed by atoms with Crippen molar-refractivity contribution in [3.05, 3.63) is 41.6 Å². The van der Waals surface area contributed by atoms with Crippen molar-refractivity contribution >= 4 is 23.4 Å². The molecule has 6 heteroatoms. The van der Waals surface area contributed by atoms with Crippen LogP contribution in [0, 0.1) is 6.92 Å². The van der Waals surface area contributed by atoms with Crippen LogP contribution in [0.4, 0.5) is 17.5 Å². The van der Waals surface area contributed by atoms with Gasteiger partial charge in [0.2, 0.25) is 5.95 Å². The van der Waals surface area contributed by atoms with Gasteiger partial charge in [-0.15, -0.1) is 0 Å². The number of aryl methyl sites for hydroxylation is 1. The molecule has 1 aromatic carbocycles. The molecule has 0 atom stereocenters. The lowest BCUT2D eigenvalue weighted by molar-refractivity contribution is 0.0698. The Morgan fingerprint density at radius 2 is 2.05 bits per heavy atom.